The Kier molecular flexibility index (Phi) is 1.71. The second-order valence-electron chi connectivity index (χ2n) is 4.72. The number of piperidine rings is 1. The van der Waals surface area contributed by atoms with Gasteiger partial charge in [0.15, 0.2) is 0 Å². The zero-order chi connectivity index (χ0) is 7.90. The van der Waals surface area contributed by atoms with E-state index in [0.717, 1.165) is 12.0 Å². The maximum Gasteiger partial charge on any atom is 0.0893 e. The first-order valence-electron chi connectivity index (χ1n) is 5.09. The molecule has 2 aliphatic rings. The molecular formula is C10H20N+. The van der Waals surface area contributed by atoms with Crippen LogP contribution in [0.2, 0.25) is 0 Å². The molecule has 1 heterocycles. The first-order valence-corrected chi connectivity index (χ1v) is 5.09. The van der Waals surface area contributed by atoms with Crippen LogP contribution in [0.4, 0.5) is 0 Å². The lowest BCUT2D eigenvalue weighted by atomic mass is 10.1. The molecule has 0 aromatic carbocycles. The van der Waals surface area contributed by atoms with Gasteiger partial charge in [-0.25, -0.2) is 0 Å². The molecule has 1 saturated carbocycles. The van der Waals surface area contributed by atoms with Gasteiger partial charge in [0.2, 0.25) is 0 Å². The van der Waals surface area contributed by atoms with Gasteiger partial charge in [-0.05, 0) is 19.3 Å². The summed E-state index contributed by atoms with van der Waals surface area (Å²) in [5.74, 6) is 1.09. The molecule has 1 nitrogen and oxygen atoms in total. The van der Waals surface area contributed by atoms with Crippen LogP contribution in [0.15, 0.2) is 0 Å². The van der Waals surface area contributed by atoms with Crippen molar-refractivity contribution in [2.24, 2.45) is 5.92 Å². The number of quaternary nitrogens is 1. The van der Waals surface area contributed by atoms with Crippen molar-refractivity contribution in [2.45, 2.75) is 38.6 Å². The fourth-order valence-corrected chi connectivity index (χ4v) is 3.30. The van der Waals surface area contributed by atoms with E-state index >= 15 is 0 Å². The van der Waals surface area contributed by atoms with Gasteiger partial charge in [0.1, 0.15) is 0 Å². The van der Waals surface area contributed by atoms with Crippen LogP contribution in [-0.4, -0.2) is 30.7 Å². The number of likely N-dealkylation sites (tertiary alicyclic amines) is 1. The van der Waals surface area contributed by atoms with Crippen LogP contribution in [0, 0.1) is 5.92 Å². The summed E-state index contributed by atoms with van der Waals surface area (Å²) in [5.41, 5.74) is 0. The quantitative estimate of drug-likeness (QED) is 0.534. The van der Waals surface area contributed by atoms with Gasteiger partial charge in [0, 0.05) is 12.3 Å². The van der Waals surface area contributed by atoms with Crippen molar-refractivity contribution in [3.05, 3.63) is 0 Å². The molecule has 0 aromatic heterocycles. The van der Waals surface area contributed by atoms with Gasteiger partial charge in [0.25, 0.3) is 0 Å². The van der Waals surface area contributed by atoms with E-state index in [9.17, 15) is 0 Å². The highest BCUT2D eigenvalue weighted by molar-refractivity contribution is 4.83. The summed E-state index contributed by atoms with van der Waals surface area (Å²) < 4.78 is 1.40. The molecule has 0 spiro atoms. The van der Waals surface area contributed by atoms with Gasteiger partial charge >= 0.3 is 0 Å². The Balaban J connectivity index is 2.04. The summed E-state index contributed by atoms with van der Waals surface area (Å²) in [4.78, 5) is 0. The molecule has 0 amide bonds. The molecule has 0 N–H and O–H groups in total. The Labute approximate surface area is 70.0 Å². The standard InChI is InChI=1S/C10H20N/c1-3-6-11(2)8-9-4-5-10(11)7-9/h9-10H,3-8H2,1-2H3/q+1/t9?,10?,11-/m0/s1. The third-order valence-corrected chi connectivity index (χ3v) is 3.80. The summed E-state index contributed by atoms with van der Waals surface area (Å²) in [7, 11) is 2.47. The first-order chi connectivity index (χ1) is 5.24. The number of fused-ring (bicyclic) bond motifs is 2. The van der Waals surface area contributed by atoms with Gasteiger partial charge in [-0.1, -0.05) is 6.92 Å². The smallest absolute Gasteiger partial charge is 0.0893 e. The fourth-order valence-electron chi connectivity index (χ4n) is 3.30. The van der Waals surface area contributed by atoms with Gasteiger partial charge < -0.3 is 4.48 Å². The lowest BCUT2D eigenvalue weighted by Gasteiger charge is -2.38. The number of nitrogens with zero attached hydrogens (tertiary/aromatic N) is 1. The van der Waals surface area contributed by atoms with Crippen LogP contribution in [0.3, 0.4) is 0 Å². The largest absolute Gasteiger partial charge is 0.323 e. The van der Waals surface area contributed by atoms with Crippen molar-refractivity contribution in [3.8, 4) is 0 Å². The monoisotopic (exact) mass is 154 g/mol. The zero-order valence-electron chi connectivity index (χ0n) is 7.84. The van der Waals surface area contributed by atoms with Crippen molar-refractivity contribution in [2.75, 3.05) is 20.1 Å². The minimum Gasteiger partial charge on any atom is -0.323 e. The van der Waals surface area contributed by atoms with Gasteiger partial charge in [-0.3, -0.25) is 0 Å². The maximum atomic E-state index is 2.47. The van der Waals surface area contributed by atoms with E-state index in [1.165, 1.54) is 43.3 Å². The minimum atomic E-state index is 1.04. The van der Waals surface area contributed by atoms with Gasteiger partial charge in [0.05, 0.1) is 26.2 Å². The third-order valence-electron chi connectivity index (χ3n) is 3.80. The molecule has 1 saturated heterocycles. The van der Waals surface area contributed by atoms with Crippen molar-refractivity contribution in [3.63, 3.8) is 0 Å². The summed E-state index contributed by atoms with van der Waals surface area (Å²) in [6, 6.07) is 1.04. The number of hydrogen-bond donors (Lipinski definition) is 0. The Bertz CT molecular complexity index is 155. The lowest BCUT2D eigenvalue weighted by Crippen LogP contribution is -2.50. The lowest BCUT2D eigenvalue weighted by molar-refractivity contribution is -0.925. The Morgan fingerprint density at radius 2 is 2.18 bits per heavy atom. The topological polar surface area (TPSA) is 0 Å². The Morgan fingerprint density at radius 1 is 1.36 bits per heavy atom. The molecule has 0 radical (unpaired) electrons. The van der Waals surface area contributed by atoms with E-state index in [1.807, 2.05) is 0 Å². The van der Waals surface area contributed by atoms with Crippen LogP contribution in [0.25, 0.3) is 0 Å². The molecule has 3 atom stereocenters. The van der Waals surface area contributed by atoms with Crippen LogP contribution in [-0.2, 0) is 0 Å². The van der Waals surface area contributed by atoms with Gasteiger partial charge in [-0.2, -0.15) is 0 Å². The Hall–Kier alpha value is -0.0400. The average Bonchev–Trinajstić information content (AvgIpc) is 2.45. The highest BCUT2D eigenvalue weighted by Gasteiger charge is 2.47. The highest BCUT2D eigenvalue weighted by atomic mass is 15.4. The van der Waals surface area contributed by atoms with Crippen LogP contribution in [0.5, 0.6) is 0 Å². The third kappa shape index (κ3) is 1.10. The van der Waals surface area contributed by atoms with E-state index < -0.39 is 0 Å². The Morgan fingerprint density at radius 3 is 2.64 bits per heavy atom. The molecule has 11 heavy (non-hydrogen) atoms. The summed E-state index contributed by atoms with van der Waals surface area (Å²) >= 11 is 0. The molecule has 1 aliphatic carbocycles. The van der Waals surface area contributed by atoms with Crippen molar-refractivity contribution in [1.82, 2.24) is 0 Å². The number of hydrogen-bond acceptors (Lipinski definition) is 0. The van der Waals surface area contributed by atoms with E-state index in [-0.39, 0.29) is 0 Å². The molecule has 2 rings (SSSR count). The molecule has 0 aromatic rings. The normalized spacial score (nSPS) is 48.5. The molecule has 64 valence electrons. The summed E-state index contributed by atoms with van der Waals surface area (Å²) in [5, 5.41) is 0. The van der Waals surface area contributed by atoms with Crippen molar-refractivity contribution in [1.29, 1.82) is 0 Å². The van der Waals surface area contributed by atoms with E-state index in [1.54, 1.807) is 0 Å². The predicted octanol–water partition coefficient (Wildman–Crippen LogP) is 2.03. The van der Waals surface area contributed by atoms with Crippen LogP contribution >= 0.6 is 0 Å². The van der Waals surface area contributed by atoms with E-state index in [2.05, 4.69) is 14.0 Å². The molecule has 2 fully saturated rings. The second-order valence-corrected chi connectivity index (χ2v) is 4.72. The molecule has 1 aliphatic heterocycles. The molecule has 2 unspecified atom stereocenters. The first kappa shape index (κ1) is 7.60. The minimum absolute atomic E-state index is 1.04. The van der Waals surface area contributed by atoms with Crippen LogP contribution in [0.1, 0.15) is 32.6 Å². The van der Waals surface area contributed by atoms with Gasteiger partial charge in [-0.15, -0.1) is 0 Å². The van der Waals surface area contributed by atoms with Crippen molar-refractivity contribution < 1.29 is 4.48 Å². The fraction of sp³-hybridized carbons (Fsp3) is 1.00. The summed E-state index contributed by atoms with van der Waals surface area (Å²) in [6.45, 7) is 5.22. The van der Waals surface area contributed by atoms with E-state index in [4.69, 9.17) is 0 Å². The summed E-state index contributed by atoms with van der Waals surface area (Å²) in [6.07, 6.45) is 5.94. The van der Waals surface area contributed by atoms with Crippen molar-refractivity contribution >= 4 is 0 Å². The maximum absolute atomic E-state index is 2.47. The molecular weight excluding hydrogens is 134 g/mol. The average molecular weight is 154 g/mol. The second kappa shape index (κ2) is 2.48. The van der Waals surface area contributed by atoms with Crippen LogP contribution < -0.4 is 0 Å². The predicted molar refractivity (Wildman–Crippen MR) is 47.3 cm³/mol. The highest BCUT2D eigenvalue weighted by Crippen LogP contribution is 2.41. The number of rotatable bonds is 2. The zero-order valence-corrected chi connectivity index (χ0v) is 7.84. The molecule has 2 bridgehead atoms. The molecule has 1 heteroatoms. The SMILES string of the molecule is CCC[N@@+]1(C)CC2CCC1C2. The van der Waals surface area contributed by atoms with E-state index in [0.29, 0.717) is 0 Å².